The molecule has 3 amide bonds. The van der Waals surface area contributed by atoms with Crippen LogP contribution in [-0.4, -0.2) is 62.3 Å². The highest BCUT2D eigenvalue weighted by Gasteiger charge is 2.31. The molecule has 0 unspecified atom stereocenters. The minimum absolute atomic E-state index is 0.00852. The fraction of sp³-hybridized carbons (Fsp3) is 0.333. The van der Waals surface area contributed by atoms with Crippen molar-refractivity contribution in [1.29, 1.82) is 0 Å². The standard InChI is InChI=1S/C21H24Cl2N4O4S/c1-14-6-7-17(15(2)12-14)24-21(29)25-19(28)13-26-8-10-27(11-9-26)32(30,31)18-5-3-4-16(22)20(18)23/h3-7,12H,8-11,13H2,1-2H3,(H2,24,25,28,29). The molecule has 2 aromatic carbocycles. The number of nitrogens with zero attached hydrogens (tertiary/aromatic N) is 2. The molecule has 8 nitrogen and oxygen atoms in total. The fourth-order valence-corrected chi connectivity index (χ4v) is 5.59. The lowest BCUT2D eigenvalue weighted by Crippen LogP contribution is -2.51. The van der Waals surface area contributed by atoms with Crippen LogP contribution in [0.3, 0.4) is 0 Å². The number of carbonyl (C=O) groups is 2. The summed E-state index contributed by atoms with van der Waals surface area (Å²) in [4.78, 5) is 26.1. The van der Waals surface area contributed by atoms with Crippen LogP contribution in [0.25, 0.3) is 0 Å². The first-order chi connectivity index (χ1) is 15.1. The number of benzene rings is 2. The molecule has 2 N–H and O–H groups in total. The number of halogens is 2. The second kappa shape index (κ2) is 10.2. The number of piperazine rings is 1. The third-order valence-corrected chi connectivity index (χ3v) is 7.99. The van der Waals surface area contributed by atoms with Crippen molar-refractivity contribution in [1.82, 2.24) is 14.5 Å². The Morgan fingerprint density at radius 1 is 1.03 bits per heavy atom. The molecule has 0 bridgehead atoms. The van der Waals surface area contributed by atoms with E-state index >= 15 is 0 Å². The van der Waals surface area contributed by atoms with E-state index in [0.717, 1.165) is 11.1 Å². The number of amides is 3. The molecule has 1 aliphatic heterocycles. The zero-order valence-corrected chi connectivity index (χ0v) is 20.0. The molecule has 3 rings (SSSR count). The van der Waals surface area contributed by atoms with E-state index < -0.39 is 22.0 Å². The van der Waals surface area contributed by atoms with Crippen LogP contribution in [0.2, 0.25) is 10.0 Å². The summed E-state index contributed by atoms with van der Waals surface area (Å²) in [5.41, 5.74) is 2.59. The first-order valence-corrected chi connectivity index (χ1v) is 12.1. The molecular formula is C21H24Cl2N4O4S. The molecule has 1 heterocycles. The van der Waals surface area contributed by atoms with E-state index in [4.69, 9.17) is 23.2 Å². The smallest absolute Gasteiger partial charge is 0.307 e. The van der Waals surface area contributed by atoms with Crippen LogP contribution in [0.5, 0.6) is 0 Å². The van der Waals surface area contributed by atoms with E-state index in [2.05, 4.69) is 10.6 Å². The van der Waals surface area contributed by atoms with Crippen molar-refractivity contribution >= 4 is 50.9 Å². The Hall–Kier alpha value is -2.17. The van der Waals surface area contributed by atoms with Gasteiger partial charge in [0.1, 0.15) is 4.90 Å². The lowest BCUT2D eigenvalue weighted by Gasteiger charge is -2.33. The van der Waals surface area contributed by atoms with Gasteiger partial charge >= 0.3 is 6.03 Å². The van der Waals surface area contributed by atoms with E-state index in [1.807, 2.05) is 26.0 Å². The maximum absolute atomic E-state index is 12.9. The van der Waals surface area contributed by atoms with Crippen LogP contribution in [0.15, 0.2) is 41.3 Å². The number of imide groups is 1. The molecule has 1 saturated heterocycles. The number of aryl methyl sites for hydroxylation is 2. The van der Waals surface area contributed by atoms with Crippen molar-refractivity contribution in [2.45, 2.75) is 18.7 Å². The van der Waals surface area contributed by atoms with Crippen LogP contribution >= 0.6 is 23.2 Å². The molecule has 2 aromatic rings. The van der Waals surface area contributed by atoms with Crippen molar-refractivity contribution in [3.63, 3.8) is 0 Å². The van der Waals surface area contributed by atoms with Gasteiger partial charge in [-0.25, -0.2) is 13.2 Å². The minimum atomic E-state index is -3.80. The SMILES string of the molecule is Cc1ccc(NC(=O)NC(=O)CN2CCN(S(=O)(=O)c3cccc(Cl)c3Cl)CC2)c(C)c1. The van der Waals surface area contributed by atoms with Gasteiger partial charge in [0.25, 0.3) is 0 Å². The minimum Gasteiger partial charge on any atom is -0.307 e. The topological polar surface area (TPSA) is 98.8 Å². The molecule has 1 aliphatic rings. The van der Waals surface area contributed by atoms with Gasteiger partial charge in [-0.05, 0) is 37.6 Å². The molecule has 1 fully saturated rings. The van der Waals surface area contributed by atoms with Crippen LogP contribution in [0, 0.1) is 13.8 Å². The Labute approximate surface area is 197 Å². The van der Waals surface area contributed by atoms with E-state index in [0.29, 0.717) is 18.8 Å². The molecule has 32 heavy (non-hydrogen) atoms. The summed E-state index contributed by atoms with van der Waals surface area (Å²) in [5.74, 6) is -0.471. The Balaban J connectivity index is 1.51. The lowest BCUT2D eigenvalue weighted by atomic mass is 10.1. The number of carbonyl (C=O) groups excluding carboxylic acids is 2. The monoisotopic (exact) mass is 498 g/mol. The Morgan fingerprint density at radius 3 is 2.38 bits per heavy atom. The zero-order chi connectivity index (χ0) is 23.5. The number of anilines is 1. The van der Waals surface area contributed by atoms with Crippen molar-refractivity contribution in [3.8, 4) is 0 Å². The number of urea groups is 1. The highest BCUT2D eigenvalue weighted by Crippen LogP contribution is 2.31. The highest BCUT2D eigenvalue weighted by atomic mass is 35.5. The summed E-state index contributed by atoms with van der Waals surface area (Å²) in [5, 5.41) is 5.12. The molecule has 11 heteroatoms. The van der Waals surface area contributed by atoms with Crippen LogP contribution in [0.1, 0.15) is 11.1 Å². The van der Waals surface area contributed by atoms with Gasteiger partial charge in [0.15, 0.2) is 0 Å². The van der Waals surface area contributed by atoms with Gasteiger partial charge in [-0.15, -0.1) is 0 Å². The summed E-state index contributed by atoms with van der Waals surface area (Å²) < 4.78 is 27.1. The second-order valence-corrected chi connectivity index (χ2v) is 10.2. The number of rotatable bonds is 5. The molecule has 0 aromatic heterocycles. The molecule has 0 aliphatic carbocycles. The molecule has 0 atom stereocenters. The van der Waals surface area contributed by atoms with Crippen molar-refractivity contribution in [2.75, 3.05) is 38.0 Å². The van der Waals surface area contributed by atoms with Gasteiger partial charge in [-0.1, -0.05) is 47.0 Å². The maximum Gasteiger partial charge on any atom is 0.325 e. The normalized spacial score (nSPS) is 15.4. The highest BCUT2D eigenvalue weighted by molar-refractivity contribution is 7.89. The average Bonchev–Trinajstić information content (AvgIpc) is 2.72. The van der Waals surface area contributed by atoms with Gasteiger partial charge in [0.2, 0.25) is 15.9 Å². The first-order valence-electron chi connectivity index (χ1n) is 9.92. The molecule has 0 spiro atoms. The predicted molar refractivity (Wildman–Crippen MR) is 125 cm³/mol. The van der Waals surface area contributed by atoms with Crippen molar-refractivity contribution in [3.05, 3.63) is 57.6 Å². The Bertz CT molecular complexity index is 1130. The van der Waals surface area contributed by atoms with Crippen molar-refractivity contribution in [2.24, 2.45) is 0 Å². The van der Waals surface area contributed by atoms with Crippen molar-refractivity contribution < 1.29 is 18.0 Å². The molecule has 172 valence electrons. The number of nitrogens with one attached hydrogen (secondary N) is 2. The Kier molecular flexibility index (Phi) is 7.79. The van der Waals surface area contributed by atoms with E-state index in [-0.39, 0.29) is 34.6 Å². The third kappa shape index (κ3) is 5.79. The fourth-order valence-electron chi connectivity index (χ4n) is 3.43. The summed E-state index contributed by atoms with van der Waals surface area (Å²) in [7, 11) is -3.80. The summed E-state index contributed by atoms with van der Waals surface area (Å²) in [6.07, 6.45) is 0. The number of hydrogen-bond acceptors (Lipinski definition) is 5. The number of hydrogen-bond donors (Lipinski definition) is 2. The van der Waals surface area contributed by atoms with Gasteiger partial charge in [-0.2, -0.15) is 4.31 Å². The predicted octanol–water partition coefficient (Wildman–Crippen LogP) is 3.26. The molecular weight excluding hydrogens is 475 g/mol. The average molecular weight is 499 g/mol. The quantitative estimate of drug-likeness (QED) is 0.658. The van der Waals surface area contributed by atoms with E-state index in [1.165, 1.54) is 22.5 Å². The number of sulfonamides is 1. The lowest BCUT2D eigenvalue weighted by molar-refractivity contribution is -0.121. The van der Waals surface area contributed by atoms with Gasteiger partial charge in [-0.3, -0.25) is 15.0 Å². The largest absolute Gasteiger partial charge is 0.325 e. The third-order valence-electron chi connectivity index (χ3n) is 5.12. The van der Waals surface area contributed by atoms with Crippen LogP contribution < -0.4 is 10.6 Å². The summed E-state index contributed by atoms with van der Waals surface area (Å²) in [6, 6.07) is 9.44. The van der Waals surface area contributed by atoms with Gasteiger partial charge in [0, 0.05) is 31.9 Å². The zero-order valence-electron chi connectivity index (χ0n) is 17.7. The molecule has 0 radical (unpaired) electrons. The van der Waals surface area contributed by atoms with E-state index in [9.17, 15) is 18.0 Å². The Morgan fingerprint density at radius 2 is 1.72 bits per heavy atom. The van der Waals surface area contributed by atoms with Crippen LogP contribution in [0.4, 0.5) is 10.5 Å². The summed E-state index contributed by atoms with van der Waals surface area (Å²) >= 11 is 12.0. The molecule has 0 saturated carbocycles. The van der Waals surface area contributed by atoms with Crippen LogP contribution in [-0.2, 0) is 14.8 Å². The first kappa shape index (κ1) is 24.5. The van der Waals surface area contributed by atoms with E-state index in [1.54, 1.807) is 11.0 Å². The maximum atomic E-state index is 12.9. The van der Waals surface area contributed by atoms with Gasteiger partial charge < -0.3 is 5.32 Å². The summed E-state index contributed by atoms with van der Waals surface area (Å²) in [6.45, 7) is 4.85. The van der Waals surface area contributed by atoms with Gasteiger partial charge in [0.05, 0.1) is 16.6 Å². The second-order valence-electron chi connectivity index (χ2n) is 7.55.